The van der Waals surface area contributed by atoms with Crippen LogP contribution in [0.4, 0.5) is 0 Å². The monoisotopic (exact) mass is 245 g/mol. The van der Waals surface area contributed by atoms with Gasteiger partial charge in [-0.15, -0.1) is 11.3 Å². The summed E-state index contributed by atoms with van der Waals surface area (Å²) in [7, 11) is 1.28. The number of aromatic nitrogens is 1. The molecule has 15 heavy (non-hydrogen) atoms. The molecule has 1 aliphatic rings. The first kappa shape index (κ1) is 10.4. The van der Waals surface area contributed by atoms with Gasteiger partial charge in [0, 0.05) is 6.42 Å². The molecule has 2 rings (SSSR count). The minimum absolute atomic E-state index is 0.0506. The van der Waals surface area contributed by atoms with E-state index in [1.165, 1.54) is 18.4 Å². The summed E-state index contributed by atoms with van der Waals surface area (Å²) in [5.74, 6) is -0.497. The number of esters is 1. The van der Waals surface area contributed by atoms with Crippen LogP contribution in [0.15, 0.2) is 5.76 Å². The molecule has 0 unspecified atom stereocenters. The number of aryl methyl sites for hydroxylation is 1. The maximum Gasteiger partial charge on any atom is 0.342 e. The van der Waals surface area contributed by atoms with Crippen LogP contribution in [0.3, 0.4) is 0 Å². The lowest BCUT2D eigenvalue weighted by Crippen LogP contribution is -2.12. The summed E-state index contributed by atoms with van der Waals surface area (Å²) in [5, 5.41) is 9.64. The van der Waals surface area contributed by atoms with Crippen LogP contribution in [0.5, 0.6) is 0 Å². The number of allylic oxidation sites excluding steroid dienone is 1. The number of hydrogen-bond donors (Lipinski definition) is 1. The number of carbonyl (C=O) groups is 1. The van der Waals surface area contributed by atoms with Crippen LogP contribution in [0.2, 0.25) is 4.47 Å². The van der Waals surface area contributed by atoms with Crippen molar-refractivity contribution >= 4 is 34.5 Å². The van der Waals surface area contributed by atoms with Gasteiger partial charge in [0.05, 0.1) is 17.7 Å². The molecule has 4 nitrogen and oxygen atoms in total. The van der Waals surface area contributed by atoms with E-state index in [2.05, 4.69) is 9.72 Å². The van der Waals surface area contributed by atoms with Gasteiger partial charge in [-0.1, -0.05) is 11.6 Å². The minimum atomic E-state index is -0.547. The third-order valence-electron chi connectivity index (χ3n) is 2.18. The zero-order valence-electron chi connectivity index (χ0n) is 7.91. The van der Waals surface area contributed by atoms with Crippen LogP contribution in [0.1, 0.15) is 17.0 Å². The maximum atomic E-state index is 11.4. The van der Waals surface area contributed by atoms with Gasteiger partial charge in [-0.05, 0) is 6.42 Å². The van der Waals surface area contributed by atoms with Crippen LogP contribution in [-0.2, 0) is 16.0 Å². The number of carbonyl (C=O) groups excluding carboxylic acids is 1. The number of aliphatic hydroxyl groups excluding tert-OH is 1. The number of hydrogen-bond acceptors (Lipinski definition) is 5. The van der Waals surface area contributed by atoms with Crippen molar-refractivity contribution in [2.45, 2.75) is 12.8 Å². The first-order valence-corrected chi connectivity index (χ1v) is 5.49. The number of aliphatic hydroxyl groups is 1. The Labute approximate surface area is 95.2 Å². The number of nitrogens with zero attached hydrogens (tertiary/aromatic N) is 1. The Hall–Kier alpha value is -1.07. The van der Waals surface area contributed by atoms with Crippen molar-refractivity contribution in [2.75, 3.05) is 7.11 Å². The summed E-state index contributed by atoms with van der Waals surface area (Å²) < 4.78 is 4.98. The molecule has 0 amide bonds. The van der Waals surface area contributed by atoms with E-state index in [9.17, 15) is 9.90 Å². The van der Waals surface area contributed by atoms with Crippen molar-refractivity contribution in [1.29, 1.82) is 0 Å². The van der Waals surface area contributed by atoms with Crippen LogP contribution in [0.25, 0.3) is 5.57 Å². The standard InChI is InChI=1S/C9H8ClNO3S/c1-14-8(13)6-5(12)3-2-4-7(6)15-9(10)11-4/h12H,2-3H2,1H3. The van der Waals surface area contributed by atoms with Crippen molar-refractivity contribution in [3.63, 3.8) is 0 Å². The molecule has 0 radical (unpaired) electrons. The van der Waals surface area contributed by atoms with Gasteiger partial charge in [0.15, 0.2) is 4.47 Å². The molecule has 1 N–H and O–H groups in total. The smallest absolute Gasteiger partial charge is 0.342 e. The summed E-state index contributed by atoms with van der Waals surface area (Å²) >= 11 is 6.94. The van der Waals surface area contributed by atoms with Gasteiger partial charge in [-0.3, -0.25) is 0 Å². The normalized spacial score (nSPS) is 15.1. The number of ether oxygens (including phenoxy) is 1. The predicted molar refractivity (Wildman–Crippen MR) is 57.0 cm³/mol. The summed E-state index contributed by atoms with van der Waals surface area (Å²) in [6, 6.07) is 0. The quantitative estimate of drug-likeness (QED) is 0.771. The van der Waals surface area contributed by atoms with Gasteiger partial charge >= 0.3 is 5.97 Å². The molecule has 0 bridgehead atoms. The molecule has 0 aliphatic heterocycles. The van der Waals surface area contributed by atoms with Crippen molar-refractivity contribution in [1.82, 2.24) is 4.98 Å². The number of thiazole rings is 1. The van der Waals surface area contributed by atoms with Gasteiger partial charge in [0.2, 0.25) is 0 Å². The zero-order valence-corrected chi connectivity index (χ0v) is 9.48. The zero-order chi connectivity index (χ0) is 11.0. The Balaban J connectivity index is 2.54. The largest absolute Gasteiger partial charge is 0.511 e. The molecule has 1 aromatic heterocycles. The maximum absolute atomic E-state index is 11.4. The fourth-order valence-corrected chi connectivity index (χ4v) is 2.72. The summed E-state index contributed by atoms with van der Waals surface area (Å²) in [6.07, 6.45) is 1.00. The molecule has 1 aromatic rings. The second kappa shape index (κ2) is 3.83. The van der Waals surface area contributed by atoms with Crippen LogP contribution in [0, 0.1) is 0 Å². The van der Waals surface area contributed by atoms with Crippen molar-refractivity contribution in [3.05, 3.63) is 20.8 Å². The van der Waals surface area contributed by atoms with Gasteiger partial charge in [0.1, 0.15) is 11.3 Å². The van der Waals surface area contributed by atoms with E-state index < -0.39 is 5.97 Å². The van der Waals surface area contributed by atoms with Crippen LogP contribution < -0.4 is 0 Å². The highest BCUT2D eigenvalue weighted by Gasteiger charge is 2.28. The van der Waals surface area contributed by atoms with Crippen molar-refractivity contribution in [3.8, 4) is 0 Å². The van der Waals surface area contributed by atoms with Gasteiger partial charge < -0.3 is 9.84 Å². The summed E-state index contributed by atoms with van der Waals surface area (Å²) in [6.45, 7) is 0. The highest BCUT2D eigenvalue weighted by molar-refractivity contribution is 7.17. The lowest BCUT2D eigenvalue weighted by atomic mass is 10.0. The highest BCUT2D eigenvalue weighted by Crippen LogP contribution is 2.36. The lowest BCUT2D eigenvalue weighted by Gasteiger charge is -2.13. The number of fused-ring (bicyclic) bond motifs is 1. The molecule has 0 saturated carbocycles. The average molecular weight is 246 g/mol. The van der Waals surface area contributed by atoms with E-state index >= 15 is 0 Å². The molecule has 0 aromatic carbocycles. The van der Waals surface area contributed by atoms with E-state index in [-0.39, 0.29) is 11.3 Å². The SMILES string of the molecule is COC(=O)C1=C(O)CCc2nc(Cl)sc21. The van der Waals surface area contributed by atoms with Gasteiger partial charge in [-0.2, -0.15) is 0 Å². The fraction of sp³-hybridized carbons (Fsp3) is 0.333. The number of methoxy groups -OCH3 is 1. The van der Waals surface area contributed by atoms with Crippen LogP contribution >= 0.6 is 22.9 Å². The van der Waals surface area contributed by atoms with E-state index in [4.69, 9.17) is 11.6 Å². The number of halogens is 1. The highest BCUT2D eigenvalue weighted by atomic mass is 35.5. The molecule has 1 aliphatic carbocycles. The van der Waals surface area contributed by atoms with Gasteiger partial charge in [0.25, 0.3) is 0 Å². The second-order valence-corrected chi connectivity index (χ2v) is 4.64. The van der Waals surface area contributed by atoms with Crippen molar-refractivity contribution in [2.24, 2.45) is 0 Å². The Morgan fingerprint density at radius 1 is 1.60 bits per heavy atom. The third-order valence-corrected chi connectivity index (χ3v) is 3.39. The number of rotatable bonds is 1. The Morgan fingerprint density at radius 2 is 2.33 bits per heavy atom. The summed E-state index contributed by atoms with van der Waals surface area (Å²) in [5.41, 5.74) is 0.950. The van der Waals surface area contributed by atoms with Gasteiger partial charge in [-0.25, -0.2) is 9.78 Å². The molecule has 0 fully saturated rings. The molecule has 1 heterocycles. The molecular weight excluding hydrogens is 238 g/mol. The fourth-order valence-electron chi connectivity index (χ4n) is 1.49. The third kappa shape index (κ3) is 1.72. The topological polar surface area (TPSA) is 59.4 Å². The molecule has 6 heteroatoms. The van der Waals surface area contributed by atoms with E-state index in [0.717, 1.165) is 5.69 Å². The van der Waals surface area contributed by atoms with Crippen molar-refractivity contribution < 1.29 is 14.6 Å². The Kier molecular flexibility index (Phi) is 2.67. The summed E-state index contributed by atoms with van der Waals surface area (Å²) in [4.78, 5) is 16.1. The first-order valence-electron chi connectivity index (χ1n) is 4.29. The molecule has 0 spiro atoms. The van der Waals surface area contributed by atoms with E-state index in [1.807, 2.05) is 0 Å². The molecule has 0 saturated heterocycles. The lowest BCUT2D eigenvalue weighted by molar-refractivity contribution is -0.133. The molecule has 0 atom stereocenters. The van der Waals surface area contributed by atoms with Crippen LogP contribution in [-0.4, -0.2) is 23.2 Å². The average Bonchev–Trinajstić information content (AvgIpc) is 2.57. The van der Waals surface area contributed by atoms with E-state index in [1.54, 1.807) is 0 Å². The second-order valence-electron chi connectivity index (χ2n) is 3.06. The molecular formula is C9H8ClNO3S. The Morgan fingerprint density at radius 3 is 3.00 bits per heavy atom. The Bertz CT molecular complexity index is 452. The first-order chi connectivity index (χ1) is 7.13. The predicted octanol–water partition coefficient (Wildman–Crippen LogP) is 2.18. The van der Waals surface area contributed by atoms with E-state index in [0.29, 0.717) is 22.2 Å². The molecule has 80 valence electrons. The minimum Gasteiger partial charge on any atom is -0.511 e.